The minimum absolute atomic E-state index is 0.0555. The number of ether oxygens (including phenoxy) is 1. The molecule has 5 heteroatoms. The number of likely N-dealkylation sites (tertiary alicyclic amines) is 1. The van der Waals surface area contributed by atoms with Gasteiger partial charge in [-0.2, -0.15) is 0 Å². The first-order valence-corrected chi connectivity index (χ1v) is 10.6. The van der Waals surface area contributed by atoms with Gasteiger partial charge < -0.3 is 19.9 Å². The van der Waals surface area contributed by atoms with Gasteiger partial charge in [-0.05, 0) is 86.8 Å². The van der Waals surface area contributed by atoms with E-state index in [-0.39, 0.29) is 11.3 Å². The summed E-state index contributed by atoms with van der Waals surface area (Å²) in [4.78, 5) is 17.9. The Balaban J connectivity index is 1.42. The van der Waals surface area contributed by atoms with Crippen LogP contribution in [0.3, 0.4) is 0 Å². The molecule has 2 aliphatic heterocycles. The van der Waals surface area contributed by atoms with Gasteiger partial charge in [0, 0.05) is 42.0 Å². The van der Waals surface area contributed by atoms with Crippen LogP contribution in [0.15, 0.2) is 42.5 Å². The van der Waals surface area contributed by atoms with Crippen LogP contribution in [0, 0.1) is 5.92 Å². The summed E-state index contributed by atoms with van der Waals surface area (Å²) in [7, 11) is 3.85. The van der Waals surface area contributed by atoms with E-state index >= 15 is 0 Å². The number of anilines is 2. The highest BCUT2D eigenvalue weighted by Gasteiger charge is 2.47. The number of likely N-dealkylation sites (N-methyl/N-ethyl adjacent to an activating group) is 1. The van der Waals surface area contributed by atoms with Crippen molar-refractivity contribution in [3.8, 4) is 5.75 Å². The maximum atomic E-state index is 12.9. The number of rotatable bonds is 5. The normalized spacial score (nSPS) is 23.4. The Labute approximate surface area is 172 Å². The summed E-state index contributed by atoms with van der Waals surface area (Å²) in [5.41, 5.74) is 4.39. The topological polar surface area (TPSA) is 44.8 Å². The lowest BCUT2D eigenvalue weighted by Crippen LogP contribution is -2.36. The molecule has 0 bridgehead atoms. The van der Waals surface area contributed by atoms with Gasteiger partial charge in [-0.3, -0.25) is 4.79 Å². The van der Waals surface area contributed by atoms with Gasteiger partial charge in [0.15, 0.2) is 0 Å². The maximum Gasteiger partial charge on any atom is 0.255 e. The number of carbonyl (C=O) groups excluding carboxylic acids is 1. The predicted molar refractivity (Wildman–Crippen MR) is 116 cm³/mol. The van der Waals surface area contributed by atoms with Gasteiger partial charge in [-0.25, -0.2) is 0 Å². The molecule has 1 spiro atoms. The first-order valence-electron chi connectivity index (χ1n) is 10.6. The van der Waals surface area contributed by atoms with E-state index in [0.29, 0.717) is 0 Å². The van der Waals surface area contributed by atoms with Crippen molar-refractivity contribution in [1.29, 1.82) is 0 Å². The number of amides is 1. The molecule has 2 aromatic rings. The fourth-order valence-corrected chi connectivity index (χ4v) is 4.99. The molecule has 1 atom stereocenters. The number of fused-ring (bicyclic) bond motifs is 2. The predicted octanol–water partition coefficient (Wildman–Crippen LogP) is 3.75. The molecule has 0 aromatic heterocycles. The smallest absolute Gasteiger partial charge is 0.255 e. The summed E-state index contributed by atoms with van der Waals surface area (Å²) in [6.45, 7) is 4.45. The van der Waals surface area contributed by atoms with Crippen LogP contribution in [-0.2, 0) is 5.41 Å². The van der Waals surface area contributed by atoms with Crippen LogP contribution in [-0.4, -0.2) is 51.1 Å². The molecule has 1 saturated heterocycles. The fourth-order valence-electron chi connectivity index (χ4n) is 4.99. The lowest BCUT2D eigenvalue weighted by molar-refractivity contribution is 0.102. The van der Waals surface area contributed by atoms with Crippen molar-refractivity contribution in [3.05, 3.63) is 53.6 Å². The van der Waals surface area contributed by atoms with Gasteiger partial charge in [0.05, 0.1) is 7.11 Å². The molecule has 29 heavy (non-hydrogen) atoms. The lowest BCUT2D eigenvalue weighted by atomic mass is 9.81. The average molecular weight is 392 g/mol. The molecule has 2 heterocycles. The molecule has 5 nitrogen and oxygen atoms in total. The quantitative estimate of drug-likeness (QED) is 0.843. The number of hydrogen-bond donors (Lipinski definition) is 1. The maximum absolute atomic E-state index is 12.9. The molecule has 0 radical (unpaired) electrons. The molecule has 152 valence electrons. The molecule has 1 unspecified atom stereocenters. The molecular formula is C24H29N3O2. The van der Waals surface area contributed by atoms with E-state index in [1.54, 1.807) is 7.11 Å². The number of hydrogen-bond acceptors (Lipinski definition) is 4. The van der Waals surface area contributed by atoms with Crippen LogP contribution in [0.2, 0.25) is 0 Å². The van der Waals surface area contributed by atoms with Crippen molar-refractivity contribution < 1.29 is 9.53 Å². The monoisotopic (exact) mass is 391 g/mol. The zero-order chi connectivity index (χ0) is 20.0. The number of nitrogens with zero attached hydrogens (tertiary/aromatic N) is 2. The minimum atomic E-state index is -0.0555. The first kappa shape index (κ1) is 18.5. The minimum Gasteiger partial charge on any atom is -0.497 e. The van der Waals surface area contributed by atoms with Crippen LogP contribution < -0.4 is 15.0 Å². The van der Waals surface area contributed by atoms with E-state index in [1.807, 2.05) is 30.3 Å². The number of methoxy groups -OCH3 is 1. The SMILES string of the molecule is COc1ccc(NC(=O)c2ccc3c(c2)C2(CCN(C)C2)CN3CC2CC2)cc1. The van der Waals surface area contributed by atoms with E-state index in [1.165, 1.54) is 30.5 Å². The molecule has 1 saturated carbocycles. The van der Waals surface area contributed by atoms with E-state index in [4.69, 9.17) is 4.74 Å². The van der Waals surface area contributed by atoms with Crippen molar-refractivity contribution in [2.45, 2.75) is 24.7 Å². The van der Waals surface area contributed by atoms with Crippen molar-refractivity contribution >= 4 is 17.3 Å². The Bertz CT molecular complexity index is 922. The van der Waals surface area contributed by atoms with Gasteiger partial charge in [0.2, 0.25) is 0 Å². The fraction of sp³-hybridized carbons (Fsp3) is 0.458. The second-order valence-electron chi connectivity index (χ2n) is 9.01. The van der Waals surface area contributed by atoms with Gasteiger partial charge in [-0.1, -0.05) is 0 Å². The van der Waals surface area contributed by atoms with Crippen molar-refractivity contribution in [3.63, 3.8) is 0 Å². The van der Waals surface area contributed by atoms with Crippen molar-refractivity contribution in [2.75, 3.05) is 50.6 Å². The van der Waals surface area contributed by atoms with Crippen molar-refractivity contribution in [2.24, 2.45) is 5.92 Å². The Morgan fingerprint density at radius 2 is 1.97 bits per heavy atom. The average Bonchev–Trinajstić information content (AvgIpc) is 3.40. The molecule has 2 aromatic carbocycles. The highest BCUT2D eigenvalue weighted by Crippen LogP contribution is 2.47. The van der Waals surface area contributed by atoms with E-state index in [0.717, 1.165) is 49.1 Å². The van der Waals surface area contributed by atoms with Crippen molar-refractivity contribution in [1.82, 2.24) is 4.90 Å². The van der Waals surface area contributed by atoms with Gasteiger partial charge >= 0.3 is 0 Å². The third-order valence-electron chi connectivity index (χ3n) is 6.73. The summed E-state index contributed by atoms with van der Waals surface area (Å²) in [6.07, 6.45) is 3.89. The summed E-state index contributed by atoms with van der Waals surface area (Å²) >= 11 is 0. The van der Waals surface area contributed by atoms with Crippen LogP contribution in [0.4, 0.5) is 11.4 Å². The highest BCUT2D eigenvalue weighted by molar-refractivity contribution is 6.04. The molecule has 1 amide bonds. The molecule has 1 aliphatic carbocycles. The second-order valence-corrected chi connectivity index (χ2v) is 9.01. The van der Waals surface area contributed by atoms with E-state index < -0.39 is 0 Å². The Hall–Kier alpha value is -2.53. The summed E-state index contributed by atoms with van der Waals surface area (Å²) in [6, 6.07) is 13.8. The first-order chi connectivity index (χ1) is 14.1. The van der Waals surface area contributed by atoms with Crippen LogP contribution >= 0.6 is 0 Å². The van der Waals surface area contributed by atoms with Gasteiger partial charge in [0.25, 0.3) is 5.91 Å². The molecule has 5 rings (SSSR count). The summed E-state index contributed by atoms with van der Waals surface area (Å²) < 4.78 is 5.19. The summed E-state index contributed by atoms with van der Waals surface area (Å²) in [5, 5.41) is 3.02. The van der Waals surface area contributed by atoms with E-state index in [9.17, 15) is 4.79 Å². The Morgan fingerprint density at radius 1 is 1.17 bits per heavy atom. The standard InChI is InChI=1S/C24H29N3O2/c1-26-12-11-24(15-26)16-27(14-17-3-4-17)22-10-5-18(13-21(22)24)23(28)25-19-6-8-20(29-2)9-7-19/h5-10,13,17H,3-4,11-12,14-16H2,1-2H3,(H,25,28). The zero-order valence-corrected chi connectivity index (χ0v) is 17.3. The lowest BCUT2D eigenvalue weighted by Gasteiger charge is -2.26. The summed E-state index contributed by atoms with van der Waals surface area (Å²) in [5.74, 6) is 1.58. The third kappa shape index (κ3) is 3.48. The number of carbonyl (C=O) groups is 1. The van der Waals surface area contributed by atoms with Crippen LogP contribution in [0.1, 0.15) is 35.2 Å². The van der Waals surface area contributed by atoms with E-state index in [2.05, 4.69) is 34.3 Å². The highest BCUT2D eigenvalue weighted by atomic mass is 16.5. The Morgan fingerprint density at radius 3 is 2.62 bits per heavy atom. The molecule has 3 aliphatic rings. The molecular weight excluding hydrogens is 362 g/mol. The number of benzene rings is 2. The Kier molecular flexibility index (Phi) is 4.50. The van der Waals surface area contributed by atoms with Crippen LogP contribution in [0.5, 0.6) is 5.75 Å². The zero-order valence-electron chi connectivity index (χ0n) is 17.3. The molecule has 2 fully saturated rings. The third-order valence-corrected chi connectivity index (χ3v) is 6.73. The van der Waals surface area contributed by atoms with Gasteiger partial charge in [-0.15, -0.1) is 0 Å². The van der Waals surface area contributed by atoms with Gasteiger partial charge in [0.1, 0.15) is 5.75 Å². The second kappa shape index (κ2) is 7.06. The molecule has 1 N–H and O–H groups in total. The van der Waals surface area contributed by atoms with Crippen LogP contribution in [0.25, 0.3) is 0 Å². The number of nitrogens with one attached hydrogen (secondary N) is 1. The largest absolute Gasteiger partial charge is 0.497 e.